The normalized spacial score (nSPS) is 11.8. The molecule has 1 radical (unpaired) electrons. The van der Waals surface area contributed by atoms with Gasteiger partial charge in [0.15, 0.2) is 0 Å². The minimum Gasteiger partial charge on any atom is -0.0882 e. The maximum atomic E-state index is 3.62. The van der Waals surface area contributed by atoms with Gasteiger partial charge in [-0.3, -0.25) is 0 Å². The molecule has 0 atom stereocenters. The second kappa shape index (κ2) is 9.48. The van der Waals surface area contributed by atoms with Crippen LogP contribution in [0.2, 0.25) is 0 Å². The first kappa shape index (κ1) is 10.5. The average molecular weight is 151 g/mol. The molecule has 0 aromatic carbocycles. The highest BCUT2D eigenvalue weighted by Gasteiger charge is 1.79. The molecule has 0 aliphatic rings. The third kappa shape index (κ3) is 9.48. The average Bonchev–Trinajstić information content (AvgIpc) is 2.03. The van der Waals surface area contributed by atoms with Gasteiger partial charge in [0, 0.05) is 0 Å². The van der Waals surface area contributed by atoms with Crippen LogP contribution in [0.1, 0.15) is 39.0 Å². The van der Waals surface area contributed by atoms with Crippen molar-refractivity contribution in [2.75, 3.05) is 0 Å². The quantitative estimate of drug-likeness (QED) is 0.399. The van der Waals surface area contributed by atoms with Crippen LogP contribution >= 0.6 is 0 Å². The lowest BCUT2D eigenvalue weighted by atomic mass is 10.2. The molecule has 0 aliphatic heterocycles. The Morgan fingerprint density at radius 2 is 1.91 bits per heavy atom. The summed E-state index contributed by atoms with van der Waals surface area (Å²) < 4.78 is 0. The van der Waals surface area contributed by atoms with Crippen LogP contribution in [0.15, 0.2) is 24.3 Å². The second-order valence-electron chi connectivity index (χ2n) is 2.67. The minimum absolute atomic E-state index is 1.04. The Morgan fingerprint density at radius 3 is 2.55 bits per heavy atom. The summed E-state index contributed by atoms with van der Waals surface area (Å²) in [5.41, 5.74) is 0. The first-order valence-electron chi connectivity index (χ1n) is 4.51. The highest BCUT2D eigenvalue weighted by molar-refractivity contribution is 4.93. The summed E-state index contributed by atoms with van der Waals surface area (Å²) in [5.74, 6) is 0. The zero-order chi connectivity index (χ0) is 8.36. The lowest BCUT2D eigenvalue weighted by molar-refractivity contribution is 0.728. The fourth-order valence-electron chi connectivity index (χ4n) is 0.901. The van der Waals surface area contributed by atoms with Crippen molar-refractivity contribution in [2.24, 2.45) is 0 Å². The molecule has 0 fully saturated rings. The summed E-state index contributed by atoms with van der Waals surface area (Å²) in [6, 6.07) is 0. The van der Waals surface area contributed by atoms with Gasteiger partial charge in [0.1, 0.15) is 0 Å². The van der Waals surface area contributed by atoms with Gasteiger partial charge in [0.2, 0.25) is 0 Å². The lowest BCUT2D eigenvalue weighted by Gasteiger charge is -1.90. The molecule has 11 heavy (non-hydrogen) atoms. The van der Waals surface area contributed by atoms with E-state index in [4.69, 9.17) is 0 Å². The van der Waals surface area contributed by atoms with Gasteiger partial charge in [-0.25, -0.2) is 0 Å². The maximum absolute atomic E-state index is 3.62. The van der Waals surface area contributed by atoms with Crippen molar-refractivity contribution in [1.29, 1.82) is 0 Å². The van der Waals surface area contributed by atoms with Crippen LogP contribution in [0.3, 0.4) is 0 Å². The van der Waals surface area contributed by atoms with E-state index in [1.54, 1.807) is 0 Å². The molecule has 0 saturated carbocycles. The van der Waals surface area contributed by atoms with Crippen molar-refractivity contribution in [3.05, 3.63) is 31.2 Å². The van der Waals surface area contributed by atoms with E-state index in [2.05, 4.69) is 32.1 Å². The zero-order valence-electron chi connectivity index (χ0n) is 7.55. The van der Waals surface area contributed by atoms with E-state index >= 15 is 0 Å². The molecule has 0 aromatic heterocycles. The molecule has 0 saturated heterocycles. The van der Waals surface area contributed by atoms with E-state index in [1.165, 1.54) is 25.7 Å². The molecule has 0 rings (SSSR count). The van der Waals surface area contributed by atoms with Crippen molar-refractivity contribution < 1.29 is 0 Å². The molecule has 0 bridgehead atoms. The van der Waals surface area contributed by atoms with Crippen LogP contribution in [-0.2, 0) is 0 Å². The van der Waals surface area contributed by atoms with Crippen LogP contribution in [-0.4, -0.2) is 0 Å². The summed E-state index contributed by atoms with van der Waals surface area (Å²) in [4.78, 5) is 0. The maximum Gasteiger partial charge on any atom is -0.0169 e. The van der Waals surface area contributed by atoms with Crippen LogP contribution in [0.25, 0.3) is 0 Å². The van der Waals surface area contributed by atoms with Crippen molar-refractivity contribution in [1.82, 2.24) is 0 Å². The zero-order valence-corrected chi connectivity index (χ0v) is 7.55. The fourth-order valence-corrected chi connectivity index (χ4v) is 0.901. The van der Waals surface area contributed by atoms with E-state index in [9.17, 15) is 0 Å². The fraction of sp³-hybridized carbons (Fsp3) is 0.545. The SMILES string of the molecule is [CH2]/C=C/C/C=C/CCCCC. The highest BCUT2D eigenvalue weighted by Crippen LogP contribution is 2.00. The summed E-state index contributed by atoms with van der Waals surface area (Å²) >= 11 is 0. The first-order chi connectivity index (χ1) is 5.41. The molecule has 0 spiro atoms. The number of hydrogen-bond donors (Lipinski definition) is 0. The Morgan fingerprint density at radius 1 is 1.09 bits per heavy atom. The van der Waals surface area contributed by atoms with Gasteiger partial charge in [-0.1, -0.05) is 44.1 Å². The van der Waals surface area contributed by atoms with Crippen molar-refractivity contribution in [2.45, 2.75) is 39.0 Å². The van der Waals surface area contributed by atoms with Crippen LogP contribution in [0.4, 0.5) is 0 Å². The third-order valence-electron chi connectivity index (χ3n) is 1.58. The van der Waals surface area contributed by atoms with E-state index in [1.807, 2.05) is 6.08 Å². The van der Waals surface area contributed by atoms with Crippen LogP contribution in [0.5, 0.6) is 0 Å². The van der Waals surface area contributed by atoms with E-state index in [0.717, 1.165) is 6.42 Å². The molecule has 0 heterocycles. The van der Waals surface area contributed by atoms with Gasteiger partial charge in [-0.05, 0) is 26.2 Å². The van der Waals surface area contributed by atoms with Gasteiger partial charge in [0.25, 0.3) is 0 Å². The summed E-state index contributed by atoms with van der Waals surface area (Å²) in [5, 5.41) is 0. The summed E-state index contributed by atoms with van der Waals surface area (Å²) in [6.07, 6.45) is 14.7. The predicted octanol–water partition coefficient (Wildman–Crippen LogP) is 3.90. The molecule has 0 heteroatoms. The van der Waals surface area contributed by atoms with Gasteiger partial charge in [-0.2, -0.15) is 0 Å². The lowest BCUT2D eigenvalue weighted by Crippen LogP contribution is -1.70. The van der Waals surface area contributed by atoms with Gasteiger partial charge in [-0.15, -0.1) is 0 Å². The Labute approximate surface area is 71.0 Å². The van der Waals surface area contributed by atoms with Gasteiger partial charge < -0.3 is 0 Å². The molecule has 0 unspecified atom stereocenters. The Bertz CT molecular complexity index is 109. The topological polar surface area (TPSA) is 0 Å². The molecule has 0 nitrogen and oxygen atoms in total. The highest BCUT2D eigenvalue weighted by atomic mass is 13.9. The Hall–Kier alpha value is -0.520. The van der Waals surface area contributed by atoms with Crippen molar-refractivity contribution >= 4 is 0 Å². The standard InChI is InChI=1S/C11H19/c1-3-5-7-9-11-10-8-6-4-2/h3,5,9,11H,1,4,6-8,10H2,2H3/b5-3+,11-9+. The number of unbranched alkanes of at least 4 members (excludes halogenated alkanes) is 3. The monoisotopic (exact) mass is 151 g/mol. The van der Waals surface area contributed by atoms with Gasteiger partial charge >= 0.3 is 0 Å². The molecule has 63 valence electrons. The van der Waals surface area contributed by atoms with Gasteiger partial charge in [0.05, 0.1) is 0 Å². The molecular formula is C11H19. The smallest absolute Gasteiger partial charge is 0.0169 e. The molecular weight excluding hydrogens is 132 g/mol. The molecule has 0 aliphatic carbocycles. The van der Waals surface area contributed by atoms with Crippen molar-refractivity contribution in [3.8, 4) is 0 Å². The van der Waals surface area contributed by atoms with E-state index < -0.39 is 0 Å². The third-order valence-corrected chi connectivity index (χ3v) is 1.58. The van der Waals surface area contributed by atoms with E-state index in [-0.39, 0.29) is 0 Å². The predicted molar refractivity (Wildman–Crippen MR) is 52.4 cm³/mol. The minimum atomic E-state index is 1.04. The second-order valence-corrected chi connectivity index (χ2v) is 2.67. The largest absolute Gasteiger partial charge is 0.0882 e. The first-order valence-corrected chi connectivity index (χ1v) is 4.51. The Balaban J connectivity index is 3.03. The molecule has 0 aromatic rings. The van der Waals surface area contributed by atoms with E-state index in [0.29, 0.717) is 0 Å². The molecule has 0 N–H and O–H groups in total. The van der Waals surface area contributed by atoms with Crippen LogP contribution < -0.4 is 0 Å². The molecule has 0 amide bonds. The Kier molecular flexibility index (Phi) is 9.03. The van der Waals surface area contributed by atoms with Crippen molar-refractivity contribution in [3.63, 3.8) is 0 Å². The summed E-state index contributed by atoms with van der Waals surface area (Å²) in [7, 11) is 0. The number of hydrogen-bond acceptors (Lipinski definition) is 0. The summed E-state index contributed by atoms with van der Waals surface area (Å²) in [6.45, 7) is 5.85. The number of rotatable bonds is 6. The number of allylic oxidation sites excluding steroid dienone is 4. The van der Waals surface area contributed by atoms with Crippen LogP contribution in [0, 0.1) is 6.92 Å².